The molecule has 1 aromatic heterocycles. The van der Waals surface area contributed by atoms with E-state index in [1.807, 2.05) is 28.8 Å². The van der Waals surface area contributed by atoms with Gasteiger partial charge in [0, 0.05) is 23.5 Å². The molecule has 7 nitrogen and oxygen atoms in total. The quantitative estimate of drug-likeness (QED) is 0.371. The molecule has 0 aliphatic rings. The Morgan fingerprint density at radius 1 is 1.16 bits per heavy atom. The van der Waals surface area contributed by atoms with E-state index in [4.69, 9.17) is 16.3 Å². The second kappa shape index (κ2) is 11.0. The molecule has 3 aromatic rings. The van der Waals surface area contributed by atoms with Crippen molar-refractivity contribution in [3.63, 3.8) is 0 Å². The summed E-state index contributed by atoms with van der Waals surface area (Å²) in [6.45, 7) is 2.42. The molecule has 2 aromatic carbocycles. The van der Waals surface area contributed by atoms with E-state index in [1.165, 1.54) is 11.8 Å². The predicted octanol–water partition coefficient (Wildman–Crippen LogP) is 3.98. The van der Waals surface area contributed by atoms with Crippen molar-refractivity contribution >= 4 is 40.9 Å². The highest BCUT2D eigenvalue weighted by atomic mass is 35.5. The highest BCUT2D eigenvalue weighted by Crippen LogP contribution is 2.21. The van der Waals surface area contributed by atoms with Crippen molar-refractivity contribution in [3.05, 3.63) is 76.6 Å². The highest BCUT2D eigenvalue weighted by Gasteiger charge is 2.12. The third kappa shape index (κ3) is 6.58. The molecule has 2 N–H and O–H groups in total. The summed E-state index contributed by atoms with van der Waals surface area (Å²) in [6, 6.07) is 14.0. The Bertz CT molecular complexity index is 1040. The van der Waals surface area contributed by atoms with Crippen molar-refractivity contribution in [1.82, 2.24) is 9.55 Å². The van der Waals surface area contributed by atoms with Crippen LogP contribution < -0.4 is 5.32 Å². The Kier molecular flexibility index (Phi) is 8.11. The van der Waals surface area contributed by atoms with Crippen LogP contribution in [-0.4, -0.2) is 38.9 Å². The first-order valence-electron chi connectivity index (χ1n) is 9.59. The Balaban J connectivity index is 1.60. The number of ether oxygens (including phenoxy) is 1. The molecule has 0 saturated carbocycles. The standard InChI is InChI=1S/C22H22ClN3O4S/c1-2-30-21(29)16-5-9-18(10-6-16)24-20(28)14-31-22-25-19(13-27)12-26(22)11-15-3-7-17(23)8-4-15/h3-10,12,27H,2,11,13-14H2,1H3,(H,24,28). The Morgan fingerprint density at radius 3 is 2.52 bits per heavy atom. The Morgan fingerprint density at radius 2 is 1.87 bits per heavy atom. The first-order valence-corrected chi connectivity index (χ1v) is 11.0. The molecular weight excluding hydrogens is 438 g/mol. The van der Waals surface area contributed by atoms with Gasteiger partial charge in [-0.05, 0) is 48.9 Å². The van der Waals surface area contributed by atoms with Crippen molar-refractivity contribution in [1.29, 1.82) is 0 Å². The van der Waals surface area contributed by atoms with Crippen LogP contribution in [0, 0.1) is 0 Å². The lowest BCUT2D eigenvalue weighted by Gasteiger charge is -2.09. The number of aliphatic hydroxyl groups excluding tert-OH is 1. The van der Waals surface area contributed by atoms with Crippen molar-refractivity contribution in [2.45, 2.75) is 25.2 Å². The van der Waals surface area contributed by atoms with Gasteiger partial charge in [-0.2, -0.15) is 0 Å². The average molecular weight is 460 g/mol. The van der Waals surface area contributed by atoms with E-state index in [-0.39, 0.29) is 18.3 Å². The first-order chi connectivity index (χ1) is 15.0. The SMILES string of the molecule is CCOC(=O)c1ccc(NC(=O)CSc2nc(CO)cn2Cc2ccc(Cl)cc2)cc1. The number of amides is 1. The summed E-state index contributed by atoms with van der Waals surface area (Å²) in [4.78, 5) is 28.5. The molecule has 0 bridgehead atoms. The number of imidazole rings is 1. The number of halogens is 1. The van der Waals surface area contributed by atoms with Gasteiger partial charge in [0.15, 0.2) is 5.16 Å². The molecule has 0 aliphatic heterocycles. The van der Waals surface area contributed by atoms with Crippen molar-refractivity contribution in [3.8, 4) is 0 Å². The van der Waals surface area contributed by atoms with Crippen LogP contribution in [0.1, 0.15) is 28.5 Å². The number of carbonyl (C=O) groups is 2. The number of anilines is 1. The minimum Gasteiger partial charge on any atom is -0.462 e. The molecule has 0 spiro atoms. The number of esters is 1. The van der Waals surface area contributed by atoms with Crippen LogP contribution in [0.15, 0.2) is 59.9 Å². The summed E-state index contributed by atoms with van der Waals surface area (Å²) in [6.07, 6.45) is 1.77. The number of aromatic nitrogens is 2. The van der Waals surface area contributed by atoms with Crippen molar-refractivity contribution in [2.24, 2.45) is 0 Å². The second-order valence-corrected chi connectivity index (χ2v) is 7.94. The minimum atomic E-state index is -0.400. The van der Waals surface area contributed by atoms with Gasteiger partial charge < -0.3 is 19.7 Å². The third-order valence-corrected chi connectivity index (χ3v) is 5.47. The zero-order valence-electron chi connectivity index (χ0n) is 16.9. The number of aliphatic hydroxyl groups is 1. The largest absolute Gasteiger partial charge is 0.462 e. The Hall–Kier alpha value is -2.81. The van der Waals surface area contributed by atoms with Crippen LogP contribution in [0.3, 0.4) is 0 Å². The second-order valence-electron chi connectivity index (χ2n) is 6.56. The molecule has 0 unspecified atom stereocenters. The molecular formula is C22H22ClN3O4S. The summed E-state index contributed by atoms with van der Waals surface area (Å²) < 4.78 is 6.83. The number of nitrogens with zero attached hydrogens (tertiary/aromatic N) is 2. The van der Waals surface area contributed by atoms with Crippen LogP contribution in [-0.2, 0) is 22.7 Å². The summed E-state index contributed by atoms with van der Waals surface area (Å²) in [5.74, 6) is -0.467. The van der Waals surface area contributed by atoms with Crippen LogP contribution in [0.25, 0.3) is 0 Å². The number of rotatable bonds is 9. The normalized spacial score (nSPS) is 10.7. The molecule has 3 rings (SSSR count). The van der Waals surface area contributed by atoms with Gasteiger partial charge in [0.05, 0.1) is 30.2 Å². The lowest BCUT2D eigenvalue weighted by Crippen LogP contribution is -2.15. The summed E-state index contributed by atoms with van der Waals surface area (Å²) in [5, 5.41) is 13.5. The maximum Gasteiger partial charge on any atom is 0.338 e. The zero-order chi connectivity index (χ0) is 22.2. The van der Waals surface area contributed by atoms with Crippen molar-refractivity contribution in [2.75, 3.05) is 17.7 Å². The maximum absolute atomic E-state index is 12.4. The summed E-state index contributed by atoms with van der Waals surface area (Å²) in [5.41, 5.74) is 2.57. The lowest BCUT2D eigenvalue weighted by molar-refractivity contribution is -0.113. The van der Waals surface area contributed by atoms with Gasteiger partial charge in [-0.25, -0.2) is 9.78 Å². The van der Waals surface area contributed by atoms with Crippen LogP contribution in [0.5, 0.6) is 0 Å². The number of nitrogens with one attached hydrogen (secondary N) is 1. The van der Waals surface area contributed by atoms with Gasteiger partial charge in [-0.3, -0.25) is 4.79 Å². The van der Waals surface area contributed by atoms with E-state index < -0.39 is 5.97 Å². The van der Waals surface area contributed by atoms with E-state index in [1.54, 1.807) is 37.4 Å². The number of carbonyl (C=O) groups excluding carboxylic acids is 2. The van der Waals surface area contributed by atoms with Crippen LogP contribution >= 0.6 is 23.4 Å². The number of benzene rings is 2. The highest BCUT2D eigenvalue weighted by molar-refractivity contribution is 7.99. The third-order valence-electron chi connectivity index (χ3n) is 4.23. The maximum atomic E-state index is 12.4. The smallest absolute Gasteiger partial charge is 0.338 e. The molecule has 1 heterocycles. The molecule has 9 heteroatoms. The van der Waals surface area contributed by atoms with Gasteiger partial charge in [-0.1, -0.05) is 35.5 Å². The van der Waals surface area contributed by atoms with Gasteiger partial charge in [0.1, 0.15) is 0 Å². The van der Waals surface area contributed by atoms with Crippen LogP contribution in [0.4, 0.5) is 5.69 Å². The predicted molar refractivity (Wildman–Crippen MR) is 120 cm³/mol. The zero-order valence-corrected chi connectivity index (χ0v) is 18.4. The Labute approximate surface area is 189 Å². The molecule has 0 atom stereocenters. The molecule has 162 valence electrons. The molecule has 1 amide bonds. The van der Waals surface area contributed by atoms with E-state index in [0.717, 1.165) is 5.56 Å². The van der Waals surface area contributed by atoms with E-state index in [2.05, 4.69) is 10.3 Å². The molecule has 31 heavy (non-hydrogen) atoms. The molecule has 0 fully saturated rings. The van der Waals surface area contributed by atoms with Gasteiger partial charge in [-0.15, -0.1) is 0 Å². The fourth-order valence-corrected chi connectivity index (χ4v) is 3.70. The number of hydrogen-bond donors (Lipinski definition) is 2. The fourth-order valence-electron chi connectivity index (χ4n) is 2.77. The number of hydrogen-bond acceptors (Lipinski definition) is 6. The number of thioether (sulfide) groups is 1. The van der Waals surface area contributed by atoms with E-state index >= 15 is 0 Å². The minimum absolute atomic E-state index is 0.141. The first kappa shape index (κ1) is 22.9. The van der Waals surface area contributed by atoms with E-state index in [9.17, 15) is 14.7 Å². The van der Waals surface area contributed by atoms with Crippen molar-refractivity contribution < 1.29 is 19.4 Å². The summed E-state index contributed by atoms with van der Waals surface area (Å²) >= 11 is 7.21. The average Bonchev–Trinajstić information content (AvgIpc) is 3.16. The van der Waals surface area contributed by atoms with Crippen LogP contribution in [0.2, 0.25) is 5.02 Å². The van der Waals surface area contributed by atoms with Gasteiger partial charge >= 0.3 is 5.97 Å². The topological polar surface area (TPSA) is 93.4 Å². The molecule has 0 aliphatic carbocycles. The van der Waals surface area contributed by atoms with E-state index in [0.29, 0.717) is 40.3 Å². The fraction of sp³-hybridized carbons (Fsp3) is 0.227. The van der Waals surface area contributed by atoms with Gasteiger partial charge in [0.2, 0.25) is 5.91 Å². The monoisotopic (exact) mass is 459 g/mol. The summed E-state index contributed by atoms with van der Waals surface area (Å²) in [7, 11) is 0. The molecule has 0 radical (unpaired) electrons. The molecule has 0 saturated heterocycles. The lowest BCUT2D eigenvalue weighted by atomic mass is 10.2. The van der Waals surface area contributed by atoms with Gasteiger partial charge in [0.25, 0.3) is 0 Å².